The number of rotatable bonds is 2. The molecular weight excluding hydrogens is 268 g/mol. The summed E-state index contributed by atoms with van der Waals surface area (Å²) in [6, 6.07) is -0.881. The van der Waals surface area contributed by atoms with E-state index in [4.69, 9.17) is 9.84 Å². The number of methoxy groups -OCH3 is 1. The van der Waals surface area contributed by atoms with Gasteiger partial charge in [-0.15, -0.1) is 11.8 Å². The number of nitrogens with zero attached hydrogens (tertiary/aromatic N) is 2. The Balaban J connectivity index is 2.05. The predicted octanol–water partition coefficient (Wildman–Crippen LogP) is 1.07. The molecule has 7 heteroatoms. The van der Waals surface area contributed by atoms with Crippen molar-refractivity contribution in [3.63, 3.8) is 0 Å². The SMILES string of the molecule is COC1(C)CCCN(C(=O)N2CSC[C@H]2C(=O)O)C1. The molecule has 1 N–H and O–H groups in total. The number of amides is 2. The smallest absolute Gasteiger partial charge is 0.327 e. The van der Waals surface area contributed by atoms with E-state index < -0.39 is 12.0 Å². The summed E-state index contributed by atoms with van der Waals surface area (Å²) in [5, 5.41) is 9.13. The highest BCUT2D eigenvalue weighted by Gasteiger charge is 2.40. The first-order valence-corrected chi connectivity index (χ1v) is 7.53. The predicted molar refractivity (Wildman–Crippen MR) is 72.2 cm³/mol. The van der Waals surface area contributed by atoms with Gasteiger partial charge in [-0.1, -0.05) is 0 Å². The van der Waals surface area contributed by atoms with Crippen LogP contribution in [-0.4, -0.2) is 70.4 Å². The zero-order chi connectivity index (χ0) is 14.0. The van der Waals surface area contributed by atoms with Crippen LogP contribution in [0.1, 0.15) is 19.8 Å². The molecule has 2 rings (SSSR count). The van der Waals surface area contributed by atoms with Crippen LogP contribution in [0.25, 0.3) is 0 Å². The highest BCUT2D eigenvalue weighted by atomic mass is 32.2. The van der Waals surface area contributed by atoms with Gasteiger partial charge < -0.3 is 19.6 Å². The number of piperidine rings is 1. The van der Waals surface area contributed by atoms with Gasteiger partial charge in [0, 0.05) is 19.4 Å². The lowest BCUT2D eigenvalue weighted by atomic mass is 9.95. The Bertz CT molecular complexity index is 379. The van der Waals surface area contributed by atoms with Crippen LogP contribution in [0.5, 0.6) is 0 Å². The van der Waals surface area contributed by atoms with Crippen molar-refractivity contribution in [1.29, 1.82) is 0 Å². The molecule has 2 fully saturated rings. The third-order valence-corrected chi connectivity index (χ3v) is 4.85. The zero-order valence-electron chi connectivity index (χ0n) is 11.3. The number of carbonyl (C=O) groups excluding carboxylic acids is 1. The number of carboxylic acids is 1. The minimum atomic E-state index is -0.926. The maximum atomic E-state index is 12.4. The number of urea groups is 1. The molecule has 0 saturated carbocycles. The maximum absolute atomic E-state index is 12.4. The Labute approximate surface area is 117 Å². The Morgan fingerprint density at radius 3 is 2.84 bits per heavy atom. The van der Waals surface area contributed by atoms with Crippen molar-refractivity contribution in [2.45, 2.75) is 31.4 Å². The number of hydrogen-bond donors (Lipinski definition) is 1. The maximum Gasteiger partial charge on any atom is 0.327 e. The Kier molecular flexibility index (Phi) is 4.25. The minimum absolute atomic E-state index is 0.180. The Morgan fingerprint density at radius 1 is 1.47 bits per heavy atom. The highest BCUT2D eigenvalue weighted by molar-refractivity contribution is 7.99. The lowest BCUT2D eigenvalue weighted by Gasteiger charge is -2.41. The van der Waals surface area contributed by atoms with Gasteiger partial charge in [0.2, 0.25) is 0 Å². The summed E-state index contributed by atoms with van der Waals surface area (Å²) in [6.07, 6.45) is 1.80. The monoisotopic (exact) mass is 288 g/mol. The van der Waals surface area contributed by atoms with E-state index in [2.05, 4.69) is 0 Å². The van der Waals surface area contributed by atoms with Crippen molar-refractivity contribution < 1.29 is 19.4 Å². The van der Waals surface area contributed by atoms with Gasteiger partial charge in [0.25, 0.3) is 0 Å². The Hall–Kier alpha value is -0.950. The van der Waals surface area contributed by atoms with Crippen LogP contribution in [-0.2, 0) is 9.53 Å². The second-order valence-corrected chi connectivity index (χ2v) is 6.29. The zero-order valence-corrected chi connectivity index (χ0v) is 12.1. The van der Waals surface area contributed by atoms with E-state index in [0.29, 0.717) is 24.7 Å². The molecule has 6 nitrogen and oxygen atoms in total. The summed E-state index contributed by atoms with van der Waals surface area (Å²) in [5.41, 5.74) is -0.320. The van der Waals surface area contributed by atoms with Crippen LogP contribution in [0.15, 0.2) is 0 Å². The molecule has 2 heterocycles. The molecule has 2 amide bonds. The van der Waals surface area contributed by atoms with E-state index in [1.54, 1.807) is 12.0 Å². The third kappa shape index (κ3) is 2.97. The second-order valence-electron chi connectivity index (χ2n) is 5.29. The van der Waals surface area contributed by atoms with Crippen LogP contribution >= 0.6 is 11.8 Å². The topological polar surface area (TPSA) is 70.1 Å². The molecule has 0 aliphatic carbocycles. The third-order valence-electron chi connectivity index (χ3n) is 3.84. The molecule has 2 aliphatic heterocycles. The summed E-state index contributed by atoms with van der Waals surface area (Å²) in [4.78, 5) is 26.7. The van der Waals surface area contributed by atoms with E-state index in [-0.39, 0.29) is 11.6 Å². The van der Waals surface area contributed by atoms with E-state index in [9.17, 15) is 9.59 Å². The molecule has 0 aromatic heterocycles. The lowest BCUT2D eigenvalue weighted by Crippen LogP contribution is -2.55. The molecule has 1 unspecified atom stereocenters. The van der Waals surface area contributed by atoms with Gasteiger partial charge in [0.1, 0.15) is 6.04 Å². The Morgan fingerprint density at radius 2 is 2.21 bits per heavy atom. The van der Waals surface area contributed by atoms with Crippen LogP contribution in [0.2, 0.25) is 0 Å². The first kappa shape index (κ1) is 14.5. The normalized spacial score (nSPS) is 31.6. The molecule has 0 spiro atoms. The van der Waals surface area contributed by atoms with Crippen LogP contribution in [0.3, 0.4) is 0 Å². The van der Waals surface area contributed by atoms with Crippen LogP contribution < -0.4 is 0 Å². The number of carbonyl (C=O) groups is 2. The summed E-state index contributed by atoms with van der Waals surface area (Å²) in [5.74, 6) is -0.00298. The average Bonchev–Trinajstić information content (AvgIpc) is 2.87. The van der Waals surface area contributed by atoms with E-state index in [1.165, 1.54) is 16.7 Å². The van der Waals surface area contributed by atoms with Crippen LogP contribution in [0, 0.1) is 0 Å². The van der Waals surface area contributed by atoms with Crippen molar-refractivity contribution in [3.05, 3.63) is 0 Å². The van der Waals surface area contributed by atoms with Gasteiger partial charge in [0.05, 0.1) is 18.0 Å². The fraction of sp³-hybridized carbons (Fsp3) is 0.833. The summed E-state index contributed by atoms with van der Waals surface area (Å²) >= 11 is 1.48. The van der Waals surface area contributed by atoms with Gasteiger partial charge >= 0.3 is 12.0 Å². The average molecular weight is 288 g/mol. The van der Waals surface area contributed by atoms with E-state index in [0.717, 1.165) is 12.8 Å². The number of thioether (sulfide) groups is 1. The summed E-state index contributed by atoms with van der Waals surface area (Å²) < 4.78 is 5.46. The van der Waals surface area contributed by atoms with Crippen molar-refractivity contribution in [3.8, 4) is 0 Å². The van der Waals surface area contributed by atoms with Crippen LogP contribution in [0.4, 0.5) is 4.79 Å². The van der Waals surface area contributed by atoms with Gasteiger partial charge in [-0.2, -0.15) is 0 Å². The fourth-order valence-corrected chi connectivity index (χ4v) is 3.69. The van der Waals surface area contributed by atoms with Gasteiger partial charge in [-0.25, -0.2) is 9.59 Å². The summed E-state index contributed by atoms with van der Waals surface area (Å²) in [7, 11) is 1.65. The molecule has 19 heavy (non-hydrogen) atoms. The molecule has 0 aromatic rings. The second kappa shape index (κ2) is 5.58. The van der Waals surface area contributed by atoms with Crippen molar-refractivity contribution in [2.75, 3.05) is 31.8 Å². The number of carboxylic acid groups (broad SMARTS) is 1. The van der Waals surface area contributed by atoms with Gasteiger partial charge in [-0.3, -0.25) is 0 Å². The molecular formula is C12H20N2O4S. The molecule has 0 radical (unpaired) electrons. The van der Waals surface area contributed by atoms with Gasteiger partial charge in [-0.05, 0) is 19.8 Å². The molecule has 0 aromatic carbocycles. The number of ether oxygens (including phenoxy) is 1. The molecule has 2 aliphatic rings. The number of likely N-dealkylation sites (tertiary alicyclic amines) is 1. The number of hydrogen-bond acceptors (Lipinski definition) is 4. The standard InChI is InChI=1S/C12H20N2O4S/c1-12(18-2)4-3-5-13(7-12)11(17)14-8-19-6-9(14)10(15)16/h9H,3-8H2,1-2H3,(H,15,16)/t9-,12?/m0/s1. The molecule has 2 saturated heterocycles. The van der Waals surface area contributed by atoms with E-state index in [1.807, 2.05) is 6.92 Å². The molecule has 108 valence electrons. The first-order valence-electron chi connectivity index (χ1n) is 6.38. The first-order chi connectivity index (χ1) is 8.97. The van der Waals surface area contributed by atoms with E-state index >= 15 is 0 Å². The lowest BCUT2D eigenvalue weighted by molar-refractivity contribution is -0.141. The number of aliphatic carboxylic acids is 1. The van der Waals surface area contributed by atoms with Crippen molar-refractivity contribution in [2.24, 2.45) is 0 Å². The van der Waals surface area contributed by atoms with Crippen molar-refractivity contribution in [1.82, 2.24) is 9.80 Å². The highest BCUT2D eigenvalue weighted by Crippen LogP contribution is 2.27. The van der Waals surface area contributed by atoms with Crippen molar-refractivity contribution >= 4 is 23.8 Å². The molecule has 2 atom stereocenters. The quantitative estimate of drug-likeness (QED) is 0.823. The minimum Gasteiger partial charge on any atom is -0.480 e. The van der Waals surface area contributed by atoms with Gasteiger partial charge in [0.15, 0.2) is 0 Å². The molecule has 0 bridgehead atoms. The fourth-order valence-electron chi connectivity index (χ4n) is 2.55. The summed E-state index contributed by atoms with van der Waals surface area (Å²) in [6.45, 7) is 3.18. The largest absolute Gasteiger partial charge is 0.480 e.